The molecule has 1 heterocycles. The van der Waals surface area contributed by atoms with Crippen molar-refractivity contribution < 1.29 is 9.90 Å². The molecular weight excluding hydrogens is 294 g/mol. The third kappa shape index (κ3) is 2.91. The summed E-state index contributed by atoms with van der Waals surface area (Å²) in [6.07, 6.45) is 7.64. The Bertz CT molecular complexity index is 439. The van der Waals surface area contributed by atoms with Gasteiger partial charge >= 0.3 is 5.97 Å². The highest BCUT2D eigenvalue weighted by molar-refractivity contribution is 9.10. The number of hydrogen-bond acceptors (Lipinski definition) is 2. The number of rotatable bonds is 3. The lowest BCUT2D eigenvalue weighted by atomic mass is 9.68. The second-order valence-electron chi connectivity index (χ2n) is 5.46. The van der Waals surface area contributed by atoms with E-state index in [4.69, 9.17) is 0 Å². The Balaban J connectivity index is 2.19. The Labute approximate surface area is 116 Å². The summed E-state index contributed by atoms with van der Waals surface area (Å²) in [5.74, 6) is -0.00696. The van der Waals surface area contributed by atoms with Crippen LogP contribution in [-0.4, -0.2) is 16.1 Å². The summed E-state index contributed by atoms with van der Waals surface area (Å²) in [6.45, 7) is 2.20. The van der Waals surface area contributed by atoms with E-state index in [9.17, 15) is 9.90 Å². The van der Waals surface area contributed by atoms with E-state index >= 15 is 0 Å². The maximum Gasteiger partial charge on any atom is 0.309 e. The largest absolute Gasteiger partial charge is 0.481 e. The van der Waals surface area contributed by atoms with E-state index in [1.54, 1.807) is 12.4 Å². The zero-order valence-corrected chi connectivity index (χ0v) is 12.1. The van der Waals surface area contributed by atoms with Gasteiger partial charge in [0, 0.05) is 16.9 Å². The molecule has 0 unspecified atom stereocenters. The van der Waals surface area contributed by atoms with Crippen LogP contribution < -0.4 is 0 Å². The van der Waals surface area contributed by atoms with E-state index in [0.29, 0.717) is 12.3 Å². The third-order valence-electron chi connectivity index (χ3n) is 3.99. The van der Waals surface area contributed by atoms with Gasteiger partial charge < -0.3 is 5.11 Å². The van der Waals surface area contributed by atoms with E-state index in [1.165, 1.54) is 0 Å². The molecule has 0 amide bonds. The Morgan fingerprint density at radius 3 is 2.72 bits per heavy atom. The van der Waals surface area contributed by atoms with E-state index in [-0.39, 0.29) is 0 Å². The van der Waals surface area contributed by atoms with Crippen LogP contribution in [0.25, 0.3) is 0 Å². The lowest BCUT2D eigenvalue weighted by molar-refractivity contribution is -0.151. The molecule has 0 aromatic carbocycles. The van der Waals surface area contributed by atoms with E-state index < -0.39 is 11.4 Å². The predicted octanol–water partition coefficient (Wildman–Crippen LogP) is 3.67. The van der Waals surface area contributed by atoms with Gasteiger partial charge in [0.15, 0.2) is 0 Å². The summed E-state index contributed by atoms with van der Waals surface area (Å²) in [7, 11) is 0. The Morgan fingerprint density at radius 2 is 2.17 bits per heavy atom. The lowest BCUT2D eigenvalue weighted by Gasteiger charge is -2.35. The second-order valence-corrected chi connectivity index (χ2v) is 6.37. The van der Waals surface area contributed by atoms with Crippen molar-refractivity contribution in [3.05, 3.63) is 28.5 Å². The molecule has 0 spiro atoms. The van der Waals surface area contributed by atoms with Crippen molar-refractivity contribution in [3.63, 3.8) is 0 Å². The van der Waals surface area contributed by atoms with Gasteiger partial charge in [-0.2, -0.15) is 0 Å². The van der Waals surface area contributed by atoms with Crippen molar-refractivity contribution in [2.24, 2.45) is 11.3 Å². The van der Waals surface area contributed by atoms with Crippen LogP contribution in [0.3, 0.4) is 0 Å². The minimum Gasteiger partial charge on any atom is -0.481 e. The lowest BCUT2D eigenvalue weighted by Crippen LogP contribution is -2.37. The van der Waals surface area contributed by atoms with Crippen LogP contribution in [0, 0.1) is 11.3 Å². The summed E-state index contributed by atoms with van der Waals surface area (Å²) in [5, 5.41) is 9.57. The number of aromatic nitrogens is 1. The van der Waals surface area contributed by atoms with Crippen molar-refractivity contribution in [1.29, 1.82) is 0 Å². The number of pyridine rings is 1. The first-order chi connectivity index (χ1) is 8.52. The van der Waals surface area contributed by atoms with Crippen molar-refractivity contribution in [3.8, 4) is 0 Å². The van der Waals surface area contributed by atoms with Crippen molar-refractivity contribution in [2.45, 2.75) is 39.0 Å². The van der Waals surface area contributed by atoms with Crippen LogP contribution in [0.2, 0.25) is 0 Å². The summed E-state index contributed by atoms with van der Waals surface area (Å²) < 4.78 is 0.907. The average Bonchev–Trinajstić information content (AvgIpc) is 2.32. The molecule has 0 saturated heterocycles. The number of carbonyl (C=O) groups is 1. The van der Waals surface area contributed by atoms with Gasteiger partial charge in [-0.1, -0.05) is 6.92 Å². The van der Waals surface area contributed by atoms with E-state index in [0.717, 1.165) is 35.7 Å². The van der Waals surface area contributed by atoms with Crippen molar-refractivity contribution in [1.82, 2.24) is 4.98 Å². The summed E-state index contributed by atoms with van der Waals surface area (Å²) in [4.78, 5) is 15.8. The average molecular weight is 312 g/mol. The maximum atomic E-state index is 11.6. The molecule has 1 aromatic rings. The molecule has 3 nitrogen and oxygen atoms in total. The fourth-order valence-corrected chi connectivity index (χ4v) is 3.14. The highest BCUT2D eigenvalue weighted by atomic mass is 79.9. The molecular formula is C14H18BrNO2. The Hall–Kier alpha value is -0.900. The Morgan fingerprint density at radius 1 is 1.50 bits per heavy atom. The van der Waals surface area contributed by atoms with Gasteiger partial charge in [-0.15, -0.1) is 0 Å². The zero-order chi connectivity index (χ0) is 13.2. The van der Waals surface area contributed by atoms with Gasteiger partial charge in [0.05, 0.1) is 5.41 Å². The fourth-order valence-electron chi connectivity index (χ4n) is 2.72. The minimum absolute atomic E-state index is 0.585. The van der Waals surface area contributed by atoms with Gasteiger partial charge in [-0.25, -0.2) is 0 Å². The third-order valence-corrected chi connectivity index (χ3v) is 4.42. The van der Waals surface area contributed by atoms with E-state index in [2.05, 4.69) is 27.8 Å². The van der Waals surface area contributed by atoms with Crippen LogP contribution in [0.1, 0.15) is 38.2 Å². The van der Waals surface area contributed by atoms with Gasteiger partial charge in [-0.3, -0.25) is 9.78 Å². The highest BCUT2D eigenvalue weighted by Gasteiger charge is 2.41. The maximum absolute atomic E-state index is 11.6. The quantitative estimate of drug-likeness (QED) is 0.926. The molecule has 1 aromatic heterocycles. The van der Waals surface area contributed by atoms with Crippen LogP contribution in [0.5, 0.6) is 0 Å². The highest BCUT2D eigenvalue weighted by Crippen LogP contribution is 2.41. The summed E-state index contributed by atoms with van der Waals surface area (Å²) in [6, 6.07) is 1.97. The first kappa shape index (κ1) is 13.5. The molecule has 1 aliphatic carbocycles. The molecule has 1 N–H and O–H groups in total. The molecule has 0 atom stereocenters. The zero-order valence-electron chi connectivity index (χ0n) is 10.5. The van der Waals surface area contributed by atoms with Crippen LogP contribution >= 0.6 is 15.9 Å². The molecule has 0 aliphatic heterocycles. The molecule has 2 rings (SSSR count). The van der Waals surface area contributed by atoms with Crippen LogP contribution in [0.15, 0.2) is 22.9 Å². The van der Waals surface area contributed by atoms with E-state index in [1.807, 2.05) is 6.07 Å². The number of nitrogens with zero attached hydrogens (tertiary/aromatic N) is 1. The molecule has 1 saturated carbocycles. The van der Waals surface area contributed by atoms with Gasteiger partial charge in [0.2, 0.25) is 0 Å². The van der Waals surface area contributed by atoms with Crippen LogP contribution in [0.4, 0.5) is 0 Å². The Kier molecular flexibility index (Phi) is 4.05. The number of aliphatic carboxylic acids is 1. The van der Waals surface area contributed by atoms with Crippen molar-refractivity contribution in [2.75, 3.05) is 0 Å². The number of carboxylic acids is 1. The molecule has 0 radical (unpaired) electrons. The molecule has 1 aliphatic rings. The number of carboxylic acid groups (broad SMARTS) is 1. The molecule has 0 bridgehead atoms. The topological polar surface area (TPSA) is 50.2 Å². The SMILES string of the molecule is CC1CCC(Cc2cncc(Br)c2)(C(=O)O)CC1. The molecule has 4 heteroatoms. The molecule has 18 heavy (non-hydrogen) atoms. The fraction of sp³-hybridized carbons (Fsp3) is 0.571. The number of hydrogen-bond donors (Lipinski definition) is 1. The normalized spacial score (nSPS) is 28.0. The van der Waals surface area contributed by atoms with Gasteiger partial charge in [0.1, 0.15) is 0 Å². The number of halogens is 1. The second kappa shape index (κ2) is 5.39. The molecule has 1 fully saturated rings. The smallest absolute Gasteiger partial charge is 0.309 e. The van der Waals surface area contributed by atoms with Crippen LogP contribution in [-0.2, 0) is 11.2 Å². The summed E-state index contributed by atoms with van der Waals surface area (Å²) >= 11 is 3.38. The monoisotopic (exact) mass is 311 g/mol. The first-order valence-electron chi connectivity index (χ1n) is 6.35. The summed E-state index contributed by atoms with van der Waals surface area (Å²) in [5.41, 5.74) is 0.413. The standard InChI is InChI=1S/C14H18BrNO2/c1-10-2-4-14(5-3-10,13(17)18)7-11-6-12(15)9-16-8-11/h6,8-10H,2-5,7H2,1H3,(H,17,18). The molecule has 98 valence electrons. The first-order valence-corrected chi connectivity index (χ1v) is 7.14. The minimum atomic E-state index is -0.658. The van der Waals surface area contributed by atoms with Gasteiger partial charge in [0.25, 0.3) is 0 Å². The van der Waals surface area contributed by atoms with Crippen molar-refractivity contribution >= 4 is 21.9 Å². The van der Waals surface area contributed by atoms with Gasteiger partial charge in [-0.05, 0) is 65.6 Å². The predicted molar refractivity (Wildman–Crippen MR) is 73.3 cm³/mol.